The van der Waals surface area contributed by atoms with E-state index in [1.807, 2.05) is 78.9 Å². The second kappa shape index (κ2) is 17.0. The van der Waals surface area contributed by atoms with Crippen LogP contribution in [0, 0.1) is 11.3 Å². The molecule has 2 bridgehead atoms. The Kier molecular flexibility index (Phi) is 12.4. The number of ether oxygens (including phenoxy) is 5. The van der Waals surface area contributed by atoms with Crippen molar-refractivity contribution in [3.05, 3.63) is 129 Å². The zero-order valence-corrected chi connectivity index (χ0v) is 32.2. The molecule has 2 saturated heterocycles. The van der Waals surface area contributed by atoms with Gasteiger partial charge < -0.3 is 32.7 Å². The minimum Gasteiger partial charge on any atom is -0.497 e. The van der Waals surface area contributed by atoms with E-state index in [9.17, 15) is 14.9 Å². The van der Waals surface area contributed by atoms with Crippen molar-refractivity contribution in [2.45, 2.75) is 75.8 Å². The fraction of sp³-hybridized carbons (Fsp3) is 0.425. The molecule has 14 heteroatoms. The molecule has 3 heterocycles. The van der Waals surface area contributed by atoms with Crippen LogP contribution in [0.25, 0.3) is 0 Å². The van der Waals surface area contributed by atoms with Gasteiger partial charge in [-0.05, 0) is 68.7 Å². The van der Waals surface area contributed by atoms with Gasteiger partial charge in [0.05, 0.1) is 46.5 Å². The van der Waals surface area contributed by atoms with Gasteiger partial charge in [-0.15, -0.1) is 0 Å². The Balaban J connectivity index is 1.48. The average Bonchev–Trinajstić information content (AvgIpc) is 3.66. The van der Waals surface area contributed by atoms with Gasteiger partial charge in [-0.3, -0.25) is 14.3 Å². The molecule has 286 valence electrons. The first-order valence-corrected chi connectivity index (χ1v) is 19.0. The van der Waals surface area contributed by atoms with Gasteiger partial charge in [0, 0.05) is 24.3 Å². The third kappa shape index (κ3) is 7.74. The lowest BCUT2D eigenvalue weighted by Crippen LogP contribution is -2.49. The van der Waals surface area contributed by atoms with Crippen molar-refractivity contribution < 1.29 is 32.7 Å². The third-order valence-electron chi connectivity index (χ3n) is 9.67. The molecule has 2 fully saturated rings. The Morgan fingerprint density at radius 1 is 0.926 bits per heavy atom. The smallest absolute Gasteiger partial charge is 0.330 e. The Morgan fingerprint density at radius 3 is 2.06 bits per heavy atom. The highest BCUT2D eigenvalue weighted by atomic mass is 31.2. The Hall–Kier alpha value is -4.38. The minimum absolute atomic E-state index is 0.0276. The van der Waals surface area contributed by atoms with Crippen molar-refractivity contribution >= 4 is 8.53 Å². The first-order chi connectivity index (χ1) is 26.1. The van der Waals surface area contributed by atoms with E-state index in [0.717, 1.165) is 16.7 Å². The fourth-order valence-corrected chi connectivity index (χ4v) is 9.01. The molecule has 54 heavy (non-hydrogen) atoms. The maximum absolute atomic E-state index is 13.2. The number of nitrogens with zero attached hydrogens (tertiary/aromatic N) is 3. The highest BCUT2D eigenvalue weighted by molar-refractivity contribution is 7.44. The van der Waals surface area contributed by atoms with E-state index in [1.165, 1.54) is 16.8 Å². The van der Waals surface area contributed by atoms with Crippen molar-refractivity contribution in [2.24, 2.45) is 0 Å². The lowest BCUT2D eigenvalue weighted by Gasteiger charge is -2.41. The van der Waals surface area contributed by atoms with Gasteiger partial charge in [0.15, 0.2) is 6.23 Å². The van der Waals surface area contributed by atoms with Gasteiger partial charge in [0.2, 0.25) is 0 Å². The molecular formula is C40H47N4O9P. The maximum Gasteiger partial charge on any atom is 0.330 e. The van der Waals surface area contributed by atoms with E-state index in [4.69, 9.17) is 32.7 Å². The molecule has 4 aromatic rings. The molecule has 5 atom stereocenters. The maximum atomic E-state index is 13.2. The van der Waals surface area contributed by atoms with E-state index in [2.05, 4.69) is 43.4 Å². The number of hydrogen-bond donors (Lipinski definition) is 1. The van der Waals surface area contributed by atoms with Gasteiger partial charge in [0.1, 0.15) is 34.9 Å². The van der Waals surface area contributed by atoms with Crippen LogP contribution in [0.15, 0.2) is 101 Å². The summed E-state index contributed by atoms with van der Waals surface area (Å²) in [7, 11) is 1.48. The van der Waals surface area contributed by atoms with E-state index in [0.29, 0.717) is 11.5 Å². The van der Waals surface area contributed by atoms with Crippen LogP contribution in [0.4, 0.5) is 0 Å². The molecule has 2 aliphatic heterocycles. The third-order valence-corrected chi connectivity index (χ3v) is 11.8. The Bertz CT molecular complexity index is 1940. The SMILES string of the molecule is COc1ccc(C(OC[C@]23CO[C@H](C(n4ccc(=O)[nH]c4=O)O2)C3OP(OCCC#N)N(C(C)C)C(C)C)(c2ccccc2)c2ccc(OC)cc2)cc1. The summed E-state index contributed by atoms with van der Waals surface area (Å²) in [6.45, 7) is 8.42. The van der Waals surface area contributed by atoms with Crippen LogP contribution < -0.4 is 20.7 Å². The monoisotopic (exact) mass is 758 g/mol. The number of methoxy groups -OCH3 is 2. The van der Waals surface area contributed by atoms with Crippen molar-refractivity contribution in [3.63, 3.8) is 0 Å². The van der Waals surface area contributed by atoms with Gasteiger partial charge in [-0.25, -0.2) is 9.46 Å². The van der Waals surface area contributed by atoms with Crippen LogP contribution in [0.1, 0.15) is 57.0 Å². The molecule has 0 saturated carbocycles. The van der Waals surface area contributed by atoms with Crippen LogP contribution >= 0.6 is 8.53 Å². The number of fused-ring (bicyclic) bond motifs is 2. The molecule has 13 nitrogen and oxygen atoms in total. The number of rotatable bonds is 17. The minimum atomic E-state index is -1.76. The Morgan fingerprint density at radius 2 is 1.52 bits per heavy atom. The van der Waals surface area contributed by atoms with Crippen LogP contribution in [0.2, 0.25) is 0 Å². The first-order valence-electron chi connectivity index (χ1n) is 17.9. The summed E-state index contributed by atoms with van der Waals surface area (Å²) >= 11 is 0. The van der Waals surface area contributed by atoms with Gasteiger partial charge in [-0.1, -0.05) is 54.6 Å². The number of nitriles is 1. The molecule has 0 aliphatic carbocycles. The summed E-state index contributed by atoms with van der Waals surface area (Å²) in [6, 6.07) is 28.8. The molecule has 0 spiro atoms. The van der Waals surface area contributed by atoms with Crippen LogP contribution in [0.5, 0.6) is 11.5 Å². The van der Waals surface area contributed by atoms with Crippen molar-refractivity contribution in [3.8, 4) is 17.6 Å². The van der Waals surface area contributed by atoms with Gasteiger partial charge >= 0.3 is 5.69 Å². The summed E-state index contributed by atoms with van der Waals surface area (Å²) in [6.07, 6.45) is -0.968. The van der Waals surface area contributed by atoms with Crippen molar-refractivity contribution in [1.29, 1.82) is 5.26 Å². The van der Waals surface area contributed by atoms with Gasteiger partial charge in [-0.2, -0.15) is 5.26 Å². The highest BCUT2D eigenvalue weighted by Gasteiger charge is 2.65. The molecule has 0 amide bonds. The molecule has 2 aliphatic rings. The average molecular weight is 759 g/mol. The molecule has 0 radical (unpaired) electrons. The van der Waals surface area contributed by atoms with Crippen molar-refractivity contribution in [2.75, 3.05) is 34.0 Å². The van der Waals surface area contributed by atoms with Crippen LogP contribution in [-0.2, 0) is 28.9 Å². The van der Waals surface area contributed by atoms with Crippen LogP contribution in [-0.4, -0.2) is 78.2 Å². The zero-order valence-electron chi connectivity index (χ0n) is 31.3. The number of aromatic amines is 1. The predicted molar refractivity (Wildman–Crippen MR) is 202 cm³/mol. The topological polar surface area (TPSA) is 147 Å². The Labute approximate surface area is 316 Å². The molecule has 3 aromatic carbocycles. The molecule has 1 N–H and O–H groups in total. The molecule has 6 rings (SSSR count). The van der Waals surface area contributed by atoms with Crippen molar-refractivity contribution in [1.82, 2.24) is 14.2 Å². The number of nitrogens with one attached hydrogen (secondary N) is 1. The summed E-state index contributed by atoms with van der Waals surface area (Å²) < 4.78 is 48.5. The second-order valence-electron chi connectivity index (χ2n) is 13.7. The highest BCUT2D eigenvalue weighted by Crippen LogP contribution is 2.56. The summed E-state index contributed by atoms with van der Waals surface area (Å²) in [5.74, 6) is 1.37. The van der Waals surface area contributed by atoms with E-state index < -0.39 is 49.4 Å². The number of hydrogen-bond acceptors (Lipinski definition) is 11. The fourth-order valence-electron chi connectivity index (χ4n) is 7.20. The number of aromatic nitrogens is 2. The molecule has 1 aromatic heterocycles. The summed E-state index contributed by atoms with van der Waals surface area (Å²) in [5.41, 5.74) is -1.13. The quantitative estimate of drug-likeness (QED) is 0.0782. The largest absolute Gasteiger partial charge is 0.497 e. The standard InChI is InChI=1S/C40H47N4O9P/c1-27(2)44(28(3)4)54(51-24-10-22-41)53-36-35-37(43-23-21-34(45)42-38(43)46)52-39(36,25-49-35)26-50-40(29-11-8-7-9-12-29,30-13-17-32(47-5)18-14-30)31-15-19-33(48-6)20-16-31/h7-9,11-21,23,27-28,35-37H,10,24-26H2,1-6H3,(H,42,45,46)/t35-,36?,37?,39-,54?/m0/s1. The zero-order chi connectivity index (χ0) is 38.5. The first kappa shape index (κ1) is 39.3. The normalized spacial score (nSPS) is 21.4. The second-order valence-corrected chi connectivity index (χ2v) is 15.1. The number of benzene rings is 3. The summed E-state index contributed by atoms with van der Waals surface area (Å²) in [4.78, 5) is 27.6. The number of H-pyrrole nitrogens is 1. The molecule has 3 unspecified atom stereocenters. The lowest BCUT2D eigenvalue weighted by atomic mass is 9.79. The van der Waals surface area contributed by atoms with Crippen LogP contribution in [0.3, 0.4) is 0 Å². The summed E-state index contributed by atoms with van der Waals surface area (Å²) in [5, 5.41) is 9.34. The molecular weight excluding hydrogens is 711 g/mol. The predicted octanol–water partition coefficient (Wildman–Crippen LogP) is 5.89. The van der Waals surface area contributed by atoms with Gasteiger partial charge in [0.25, 0.3) is 14.1 Å². The van der Waals surface area contributed by atoms with E-state index in [-0.39, 0.29) is 38.3 Å². The lowest BCUT2D eigenvalue weighted by molar-refractivity contribution is -0.203. The van der Waals surface area contributed by atoms with E-state index >= 15 is 0 Å². The van der Waals surface area contributed by atoms with E-state index in [1.54, 1.807) is 14.2 Å².